The summed E-state index contributed by atoms with van der Waals surface area (Å²) in [5.74, 6) is 0. The average Bonchev–Trinajstić information content (AvgIpc) is 2.96. The zero-order chi connectivity index (χ0) is 28.0. The van der Waals surface area contributed by atoms with Crippen LogP contribution >= 0.6 is 11.8 Å². The van der Waals surface area contributed by atoms with Crippen LogP contribution in [0.15, 0.2) is 22.3 Å². The zero-order valence-corrected chi connectivity index (χ0v) is 28.2. The highest BCUT2D eigenvalue weighted by Crippen LogP contribution is 2.40. The standard InChI is InChI=1S/C38H70S/c1-5-7-9-11-13-15-17-25-31-37(35-27-21-19-22-28-35)33(3)39-34(4)38(36-29-23-20-24-30-36)32-26-18-16-14-12-10-8-6-2/h33-34H,5-32H2,1-4H3. The third-order valence-electron chi connectivity index (χ3n) is 9.81. The van der Waals surface area contributed by atoms with Gasteiger partial charge in [0.2, 0.25) is 0 Å². The molecule has 0 aromatic carbocycles. The highest BCUT2D eigenvalue weighted by Gasteiger charge is 2.23. The summed E-state index contributed by atoms with van der Waals surface area (Å²) in [6.45, 7) is 9.82. The normalized spacial score (nSPS) is 17.8. The van der Waals surface area contributed by atoms with Crippen molar-refractivity contribution in [1.29, 1.82) is 0 Å². The van der Waals surface area contributed by atoms with Gasteiger partial charge in [-0.3, -0.25) is 0 Å². The lowest BCUT2D eigenvalue weighted by Crippen LogP contribution is -2.15. The Bertz CT molecular complexity index is 584. The van der Waals surface area contributed by atoms with Crippen molar-refractivity contribution in [3.63, 3.8) is 0 Å². The van der Waals surface area contributed by atoms with Crippen LogP contribution in [-0.4, -0.2) is 10.5 Å². The first-order chi connectivity index (χ1) is 19.2. The van der Waals surface area contributed by atoms with E-state index in [4.69, 9.17) is 0 Å². The number of hydrogen-bond donors (Lipinski definition) is 0. The van der Waals surface area contributed by atoms with Crippen LogP contribution in [0.2, 0.25) is 0 Å². The fourth-order valence-corrected chi connectivity index (χ4v) is 8.81. The molecule has 2 rings (SSSR count). The highest BCUT2D eigenvalue weighted by molar-refractivity contribution is 8.00. The summed E-state index contributed by atoms with van der Waals surface area (Å²) in [6.07, 6.45) is 40.1. The predicted molar refractivity (Wildman–Crippen MR) is 181 cm³/mol. The second-order valence-electron chi connectivity index (χ2n) is 13.2. The van der Waals surface area contributed by atoms with E-state index in [9.17, 15) is 0 Å². The second-order valence-corrected chi connectivity index (χ2v) is 14.9. The Hall–Kier alpha value is -0.170. The molecule has 2 atom stereocenters. The first kappa shape index (κ1) is 35.0. The number of hydrogen-bond acceptors (Lipinski definition) is 1. The Morgan fingerprint density at radius 2 is 0.769 bits per heavy atom. The molecule has 0 bridgehead atoms. The summed E-state index contributed by atoms with van der Waals surface area (Å²) in [4.78, 5) is 0. The summed E-state index contributed by atoms with van der Waals surface area (Å²) in [5.41, 5.74) is 7.54. The molecule has 2 unspecified atom stereocenters. The van der Waals surface area contributed by atoms with E-state index in [1.807, 2.05) is 22.3 Å². The van der Waals surface area contributed by atoms with Gasteiger partial charge in [0.1, 0.15) is 0 Å². The molecule has 2 saturated carbocycles. The zero-order valence-electron chi connectivity index (χ0n) is 27.4. The molecule has 0 amide bonds. The maximum atomic E-state index is 2.59. The molecule has 0 aromatic rings. The van der Waals surface area contributed by atoms with Gasteiger partial charge in [-0.2, -0.15) is 0 Å². The van der Waals surface area contributed by atoms with E-state index < -0.39 is 0 Å². The van der Waals surface area contributed by atoms with Gasteiger partial charge in [-0.05, 0) is 90.9 Å². The molecule has 228 valence electrons. The van der Waals surface area contributed by atoms with Crippen molar-refractivity contribution in [2.45, 2.75) is 218 Å². The summed E-state index contributed by atoms with van der Waals surface area (Å²) < 4.78 is 0. The molecule has 2 aliphatic carbocycles. The van der Waals surface area contributed by atoms with Crippen molar-refractivity contribution in [2.24, 2.45) is 0 Å². The maximum Gasteiger partial charge on any atom is 0.0236 e. The third-order valence-corrected chi connectivity index (χ3v) is 11.2. The van der Waals surface area contributed by atoms with Crippen LogP contribution in [0.4, 0.5) is 0 Å². The highest BCUT2D eigenvalue weighted by atomic mass is 32.2. The van der Waals surface area contributed by atoms with Gasteiger partial charge in [0, 0.05) is 10.5 Å². The maximum absolute atomic E-state index is 2.59. The minimum atomic E-state index is 0.704. The quantitative estimate of drug-likeness (QED) is 0.0940. The van der Waals surface area contributed by atoms with Crippen LogP contribution in [-0.2, 0) is 0 Å². The van der Waals surface area contributed by atoms with E-state index in [-0.39, 0.29) is 0 Å². The molecule has 2 aliphatic rings. The lowest BCUT2D eigenvalue weighted by molar-refractivity contribution is 0.561. The van der Waals surface area contributed by atoms with E-state index >= 15 is 0 Å². The third kappa shape index (κ3) is 15.6. The fourth-order valence-electron chi connectivity index (χ4n) is 7.30. The summed E-state index contributed by atoms with van der Waals surface area (Å²) in [6, 6.07) is 0. The van der Waals surface area contributed by atoms with Gasteiger partial charge in [0.05, 0.1) is 0 Å². The number of thioether (sulfide) groups is 1. The van der Waals surface area contributed by atoms with Crippen LogP contribution in [0.3, 0.4) is 0 Å². The fraction of sp³-hybridized carbons (Fsp3) is 0.895. The molecular formula is C38H70S. The number of unbranched alkanes of at least 4 members (excludes halogenated alkanes) is 14. The van der Waals surface area contributed by atoms with Crippen LogP contribution in [0, 0.1) is 0 Å². The van der Waals surface area contributed by atoms with Crippen LogP contribution in [0.1, 0.15) is 207 Å². The van der Waals surface area contributed by atoms with Gasteiger partial charge in [-0.1, -0.05) is 139 Å². The minimum absolute atomic E-state index is 0.704. The van der Waals surface area contributed by atoms with Crippen molar-refractivity contribution in [3.05, 3.63) is 22.3 Å². The van der Waals surface area contributed by atoms with E-state index in [2.05, 4.69) is 39.5 Å². The van der Waals surface area contributed by atoms with Gasteiger partial charge in [-0.15, -0.1) is 11.8 Å². The SMILES string of the molecule is CCCCCCCCCCC(=C1CCCCC1)C(C)SC(C)C(CCCCCCCCCC)=C1CCCCC1. The molecule has 0 aliphatic heterocycles. The molecule has 0 N–H and O–H groups in total. The molecule has 0 aromatic heterocycles. The molecule has 0 radical (unpaired) electrons. The lowest BCUT2D eigenvalue weighted by atomic mass is 9.87. The van der Waals surface area contributed by atoms with E-state index in [0.29, 0.717) is 10.5 Å². The van der Waals surface area contributed by atoms with Gasteiger partial charge >= 0.3 is 0 Å². The Morgan fingerprint density at radius 3 is 1.10 bits per heavy atom. The minimum Gasteiger partial charge on any atom is -0.147 e. The first-order valence-electron chi connectivity index (χ1n) is 18.2. The number of rotatable bonds is 22. The van der Waals surface area contributed by atoms with Crippen molar-refractivity contribution in [1.82, 2.24) is 0 Å². The number of allylic oxidation sites excluding steroid dienone is 2. The van der Waals surface area contributed by atoms with Gasteiger partial charge < -0.3 is 0 Å². The molecule has 1 heteroatoms. The van der Waals surface area contributed by atoms with Crippen LogP contribution in [0.5, 0.6) is 0 Å². The molecule has 0 saturated heterocycles. The molecule has 0 heterocycles. The van der Waals surface area contributed by atoms with Crippen molar-refractivity contribution in [2.75, 3.05) is 0 Å². The van der Waals surface area contributed by atoms with Crippen molar-refractivity contribution < 1.29 is 0 Å². The van der Waals surface area contributed by atoms with Crippen LogP contribution in [0.25, 0.3) is 0 Å². The predicted octanol–water partition coefficient (Wildman–Crippen LogP) is 14.1. The Morgan fingerprint density at radius 1 is 0.462 bits per heavy atom. The molecule has 39 heavy (non-hydrogen) atoms. The summed E-state index contributed by atoms with van der Waals surface area (Å²) >= 11 is 2.34. The molecule has 0 nitrogen and oxygen atoms in total. The molecular weight excluding hydrogens is 488 g/mol. The Labute approximate surface area is 251 Å². The first-order valence-corrected chi connectivity index (χ1v) is 19.2. The van der Waals surface area contributed by atoms with Gasteiger partial charge in [-0.25, -0.2) is 0 Å². The smallest absolute Gasteiger partial charge is 0.0236 e. The summed E-state index contributed by atoms with van der Waals surface area (Å²) in [7, 11) is 0. The average molecular weight is 559 g/mol. The largest absolute Gasteiger partial charge is 0.147 e. The lowest BCUT2D eigenvalue weighted by Gasteiger charge is -2.29. The van der Waals surface area contributed by atoms with E-state index in [1.165, 1.54) is 180 Å². The van der Waals surface area contributed by atoms with Gasteiger partial charge in [0.25, 0.3) is 0 Å². The van der Waals surface area contributed by atoms with E-state index in [0.717, 1.165) is 0 Å². The molecule has 0 spiro atoms. The Kier molecular flexibility index (Phi) is 21.0. The van der Waals surface area contributed by atoms with Crippen molar-refractivity contribution in [3.8, 4) is 0 Å². The van der Waals surface area contributed by atoms with Crippen LogP contribution < -0.4 is 0 Å². The summed E-state index contributed by atoms with van der Waals surface area (Å²) in [5, 5.41) is 1.41. The Balaban J connectivity index is 1.91. The topological polar surface area (TPSA) is 0 Å². The second kappa shape index (κ2) is 23.4. The van der Waals surface area contributed by atoms with E-state index in [1.54, 1.807) is 0 Å². The van der Waals surface area contributed by atoms with Gasteiger partial charge in [0.15, 0.2) is 0 Å². The van der Waals surface area contributed by atoms with Crippen molar-refractivity contribution >= 4 is 11.8 Å². The monoisotopic (exact) mass is 559 g/mol. The molecule has 2 fully saturated rings.